The van der Waals surface area contributed by atoms with Crippen LogP contribution in [0.2, 0.25) is 0 Å². The van der Waals surface area contributed by atoms with E-state index in [0.717, 1.165) is 59.9 Å². The number of hydrogen-bond donors (Lipinski definition) is 1. The Balaban J connectivity index is 1.14. The zero-order valence-corrected chi connectivity index (χ0v) is 22.3. The summed E-state index contributed by atoms with van der Waals surface area (Å²) in [5.74, 6) is 1.01. The Morgan fingerprint density at radius 1 is 1.03 bits per heavy atom. The second-order valence-electron chi connectivity index (χ2n) is 10.6. The summed E-state index contributed by atoms with van der Waals surface area (Å²) in [6, 6.07) is 20.7. The molecular formula is C31H33FN6O. The van der Waals surface area contributed by atoms with Gasteiger partial charge in [-0.25, -0.2) is 14.4 Å². The summed E-state index contributed by atoms with van der Waals surface area (Å²) in [6.45, 7) is 7.54. The molecule has 0 spiro atoms. The lowest BCUT2D eigenvalue weighted by molar-refractivity contribution is 0.173. The molecule has 0 saturated carbocycles. The van der Waals surface area contributed by atoms with Crippen LogP contribution in [0.3, 0.4) is 0 Å². The highest BCUT2D eigenvalue weighted by atomic mass is 19.1. The molecule has 1 aliphatic heterocycles. The SMILES string of the molecule is Cc1nc2ccccn2c(=O)c1CCN1CCC(Nc2nc3ccccc3n2Cc2ccc(F)cc2)C(C)C1. The molecular weight excluding hydrogens is 491 g/mol. The van der Waals surface area contributed by atoms with Crippen molar-refractivity contribution in [2.45, 2.75) is 39.3 Å². The van der Waals surface area contributed by atoms with Crippen LogP contribution in [0.15, 0.2) is 77.7 Å². The first-order valence-corrected chi connectivity index (χ1v) is 13.6. The number of aryl methyl sites for hydroxylation is 1. The van der Waals surface area contributed by atoms with Gasteiger partial charge in [-0.1, -0.05) is 37.3 Å². The van der Waals surface area contributed by atoms with Crippen molar-refractivity contribution in [3.05, 3.63) is 106 Å². The first-order chi connectivity index (χ1) is 19.0. The lowest BCUT2D eigenvalue weighted by atomic mass is 9.93. The number of anilines is 1. The maximum Gasteiger partial charge on any atom is 0.261 e. The lowest BCUT2D eigenvalue weighted by Gasteiger charge is -2.37. The molecule has 2 unspecified atom stereocenters. The summed E-state index contributed by atoms with van der Waals surface area (Å²) in [7, 11) is 0. The molecule has 6 rings (SSSR count). The molecule has 0 bridgehead atoms. The Hall–Kier alpha value is -4.04. The number of benzene rings is 2. The molecule has 2 aromatic carbocycles. The van der Waals surface area contributed by atoms with Gasteiger partial charge in [0.05, 0.1) is 17.6 Å². The van der Waals surface area contributed by atoms with Gasteiger partial charge in [0.2, 0.25) is 5.95 Å². The van der Waals surface area contributed by atoms with E-state index in [0.29, 0.717) is 24.5 Å². The summed E-state index contributed by atoms with van der Waals surface area (Å²) in [6.07, 6.45) is 3.46. The monoisotopic (exact) mass is 524 g/mol. The van der Waals surface area contributed by atoms with Gasteiger partial charge in [-0.05, 0) is 67.6 Å². The molecule has 1 saturated heterocycles. The molecule has 1 fully saturated rings. The maximum atomic E-state index is 13.5. The molecule has 1 aliphatic rings. The number of fused-ring (bicyclic) bond motifs is 2. The number of halogens is 1. The number of piperidine rings is 1. The van der Waals surface area contributed by atoms with Gasteiger partial charge < -0.3 is 14.8 Å². The number of nitrogens with zero attached hydrogens (tertiary/aromatic N) is 5. The average molecular weight is 525 g/mol. The van der Waals surface area contributed by atoms with Gasteiger partial charge in [0.25, 0.3) is 5.56 Å². The number of rotatable bonds is 7. The van der Waals surface area contributed by atoms with Crippen LogP contribution in [0.25, 0.3) is 16.7 Å². The first kappa shape index (κ1) is 25.2. The summed E-state index contributed by atoms with van der Waals surface area (Å²) >= 11 is 0. The topological polar surface area (TPSA) is 67.5 Å². The molecule has 4 heterocycles. The molecule has 0 aliphatic carbocycles. The van der Waals surface area contributed by atoms with E-state index in [9.17, 15) is 9.18 Å². The van der Waals surface area contributed by atoms with Crippen LogP contribution in [0, 0.1) is 18.7 Å². The van der Waals surface area contributed by atoms with E-state index in [-0.39, 0.29) is 17.4 Å². The lowest BCUT2D eigenvalue weighted by Crippen LogP contribution is -2.46. The molecule has 200 valence electrons. The van der Waals surface area contributed by atoms with E-state index in [1.807, 2.05) is 55.5 Å². The zero-order valence-electron chi connectivity index (χ0n) is 22.3. The van der Waals surface area contributed by atoms with E-state index < -0.39 is 0 Å². The van der Waals surface area contributed by atoms with Crippen molar-refractivity contribution >= 4 is 22.6 Å². The van der Waals surface area contributed by atoms with Crippen molar-refractivity contribution in [2.24, 2.45) is 5.92 Å². The second kappa shape index (κ2) is 10.6. The Labute approximate surface area is 226 Å². The van der Waals surface area contributed by atoms with Crippen molar-refractivity contribution < 1.29 is 4.39 Å². The van der Waals surface area contributed by atoms with E-state index in [1.54, 1.807) is 10.6 Å². The highest BCUT2D eigenvalue weighted by molar-refractivity contribution is 5.78. The minimum Gasteiger partial charge on any atom is -0.353 e. The van der Waals surface area contributed by atoms with E-state index in [4.69, 9.17) is 4.98 Å². The Morgan fingerprint density at radius 2 is 1.82 bits per heavy atom. The molecule has 5 aromatic rings. The van der Waals surface area contributed by atoms with Crippen LogP contribution in [0.1, 0.15) is 30.2 Å². The van der Waals surface area contributed by atoms with E-state index >= 15 is 0 Å². The van der Waals surface area contributed by atoms with Crippen molar-refractivity contribution in [3.8, 4) is 0 Å². The average Bonchev–Trinajstić information content (AvgIpc) is 3.28. The van der Waals surface area contributed by atoms with Crippen molar-refractivity contribution in [2.75, 3.05) is 25.0 Å². The molecule has 0 radical (unpaired) electrons. The van der Waals surface area contributed by atoms with Crippen LogP contribution in [-0.2, 0) is 13.0 Å². The smallest absolute Gasteiger partial charge is 0.261 e. The number of likely N-dealkylation sites (tertiary alicyclic amines) is 1. The fourth-order valence-corrected chi connectivity index (χ4v) is 5.73. The molecule has 3 aromatic heterocycles. The summed E-state index contributed by atoms with van der Waals surface area (Å²) < 4.78 is 17.3. The highest BCUT2D eigenvalue weighted by Gasteiger charge is 2.27. The minimum absolute atomic E-state index is 0.0303. The third kappa shape index (κ3) is 5.16. The number of hydrogen-bond acceptors (Lipinski definition) is 5. The van der Waals surface area contributed by atoms with Gasteiger partial charge in [0, 0.05) is 43.1 Å². The Morgan fingerprint density at radius 3 is 2.64 bits per heavy atom. The van der Waals surface area contributed by atoms with Crippen molar-refractivity contribution in [3.63, 3.8) is 0 Å². The van der Waals surface area contributed by atoms with Crippen LogP contribution >= 0.6 is 0 Å². The molecule has 8 heteroatoms. The summed E-state index contributed by atoms with van der Waals surface area (Å²) in [4.78, 5) is 25.1. The number of pyridine rings is 1. The number of para-hydroxylation sites is 2. The van der Waals surface area contributed by atoms with Gasteiger partial charge >= 0.3 is 0 Å². The Bertz CT molecular complexity index is 1670. The number of aromatic nitrogens is 4. The van der Waals surface area contributed by atoms with Gasteiger partial charge in [0.1, 0.15) is 11.5 Å². The standard InChI is InChI=1S/C31H33FN6O/c1-21-19-36(17-14-25-22(2)33-29-9-5-6-16-37(29)30(25)39)18-15-26(21)34-31-35-27-7-3-4-8-28(27)38(31)20-23-10-12-24(32)13-11-23/h3-13,16,21,26H,14-15,17-20H2,1-2H3,(H,34,35). The van der Waals surface area contributed by atoms with Crippen molar-refractivity contribution in [1.29, 1.82) is 0 Å². The fourth-order valence-electron chi connectivity index (χ4n) is 5.73. The molecule has 2 atom stereocenters. The molecule has 1 N–H and O–H groups in total. The van der Waals surface area contributed by atoms with Gasteiger partial charge in [-0.3, -0.25) is 9.20 Å². The van der Waals surface area contributed by atoms with Crippen molar-refractivity contribution in [1.82, 2.24) is 23.8 Å². The van der Waals surface area contributed by atoms with Gasteiger partial charge in [-0.15, -0.1) is 0 Å². The highest BCUT2D eigenvalue weighted by Crippen LogP contribution is 2.26. The fraction of sp³-hybridized carbons (Fsp3) is 0.323. The van der Waals surface area contributed by atoms with E-state index in [1.165, 1.54) is 12.1 Å². The zero-order chi connectivity index (χ0) is 26.9. The predicted octanol–water partition coefficient (Wildman–Crippen LogP) is 4.91. The third-order valence-electron chi connectivity index (χ3n) is 7.92. The maximum absolute atomic E-state index is 13.5. The largest absolute Gasteiger partial charge is 0.353 e. The molecule has 39 heavy (non-hydrogen) atoms. The predicted molar refractivity (Wildman–Crippen MR) is 153 cm³/mol. The Kier molecular flexibility index (Phi) is 6.87. The molecule has 0 amide bonds. The first-order valence-electron chi connectivity index (χ1n) is 13.6. The number of nitrogens with one attached hydrogen (secondary N) is 1. The van der Waals surface area contributed by atoms with Gasteiger partial charge in [0.15, 0.2) is 0 Å². The second-order valence-corrected chi connectivity index (χ2v) is 10.6. The van der Waals surface area contributed by atoms with Crippen LogP contribution in [-0.4, -0.2) is 49.5 Å². The van der Waals surface area contributed by atoms with E-state index in [2.05, 4.69) is 32.8 Å². The summed E-state index contributed by atoms with van der Waals surface area (Å²) in [5.41, 5.74) is 5.35. The van der Waals surface area contributed by atoms with Crippen LogP contribution < -0.4 is 10.9 Å². The quantitative estimate of drug-likeness (QED) is 0.328. The third-order valence-corrected chi connectivity index (χ3v) is 7.92. The number of imidazole rings is 1. The minimum atomic E-state index is -0.231. The van der Waals surface area contributed by atoms with Gasteiger partial charge in [-0.2, -0.15) is 0 Å². The molecule has 7 nitrogen and oxygen atoms in total. The summed E-state index contributed by atoms with van der Waals surface area (Å²) in [5, 5.41) is 3.74. The normalized spacial score (nSPS) is 18.1. The van der Waals surface area contributed by atoms with Crippen LogP contribution in [0.4, 0.5) is 10.3 Å². The van der Waals surface area contributed by atoms with Crippen LogP contribution in [0.5, 0.6) is 0 Å².